The molecule has 14 heavy (non-hydrogen) atoms. The molecule has 3 nitrogen and oxygen atoms in total. The molecule has 2 N–H and O–H groups in total. The van der Waals surface area contributed by atoms with E-state index in [0.29, 0.717) is 5.96 Å². The summed E-state index contributed by atoms with van der Waals surface area (Å²) in [7, 11) is 0. The fourth-order valence-electron chi connectivity index (χ4n) is 1.63. The van der Waals surface area contributed by atoms with Crippen molar-refractivity contribution in [2.75, 3.05) is 18.0 Å². The Labute approximate surface area is 88.2 Å². The van der Waals surface area contributed by atoms with Crippen LogP contribution >= 0.6 is 11.6 Å². The molecule has 2 rings (SSSR count). The molecule has 4 heteroatoms. The van der Waals surface area contributed by atoms with Crippen molar-refractivity contribution in [1.82, 2.24) is 0 Å². The van der Waals surface area contributed by atoms with Gasteiger partial charge in [0.15, 0.2) is 5.96 Å². The van der Waals surface area contributed by atoms with Crippen LogP contribution in [0.15, 0.2) is 23.2 Å². The quantitative estimate of drug-likeness (QED) is 0.766. The maximum atomic E-state index is 5.88. The number of anilines is 1. The van der Waals surface area contributed by atoms with Crippen molar-refractivity contribution in [3.63, 3.8) is 0 Å². The standard InChI is InChI=1S/C10H12ClN3/c1-7-6-8(11)2-3-9(7)14-5-4-13-10(14)12/h2-3,6H,4-5H2,1H3,(H2,12,13). The Morgan fingerprint density at radius 3 is 2.86 bits per heavy atom. The highest BCUT2D eigenvalue weighted by Crippen LogP contribution is 2.24. The number of hydrogen-bond acceptors (Lipinski definition) is 3. The average Bonchev–Trinajstić information content (AvgIpc) is 2.52. The maximum absolute atomic E-state index is 5.88. The lowest BCUT2D eigenvalue weighted by Crippen LogP contribution is -2.34. The molecule has 0 aliphatic carbocycles. The van der Waals surface area contributed by atoms with Crippen LogP contribution in [0, 0.1) is 6.92 Å². The number of aliphatic imine (C=N–C) groups is 1. The van der Waals surface area contributed by atoms with Gasteiger partial charge < -0.3 is 10.6 Å². The van der Waals surface area contributed by atoms with Crippen LogP contribution in [0.2, 0.25) is 5.02 Å². The number of nitrogens with two attached hydrogens (primary N) is 1. The summed E-state index contributed by atoms with van der Waals surface area (Å²) in [5, 5.41) is 0.751. The number of benzene rings is 1. The molecule has 1 aliphatic rings. The lowest BCUT2D eigenvalue weighted by molar-refractivity contribution is 1.02. The third-order valence-electron chi connectivity index (χ3n) is 2.32. The SMILES string of the molecule is Cc1cc(Cl)ccc1N1CCN=C1N. The second kappa shape index (κ2) is 3.50. The Balaban J connectivity index is 2.37. The summed E-state index contributed by atoms with van der Waals surface area (Å²) in [6.45, 7) is 3.65. The van der Waals surface area contributed by atoms with Crippen LogP contribution in [-0.2, 0) is 0 Å². The van der Waals surface area contributed by atoms with Crippen molar-refractivity contribution in [3.05, 3.63) is 28.8 Å². The molecule has 0 aromatic heterocycles. The predicted molar refractivity (Wildman–Crippen MR) is 60.0 cm³/mol. The molecule has 0 radical (unpaired) electrons. The number of rotatable bonds is 1. The van der Waals surface area contributed by atoms with Crippen LogP contribution in [0.3, 0.4) is 0 Å². The highest BCUT2D eigenvalue weighted by atomic mass is 35.5. The van der Waals surface area contributed by atoms with Crippen molar-refractivity contribution in [2.24, 2.45) is 10.7 Å². The van der Waals surface area contributed by atoms with Crippen LogP contribution < -0.4 is 10.6 Å². The van der Waals surface area contributed by atoms with E-state index >= 15 is 0 Å². The third kappa shape index (κ3) is 1.55. The average molecular weight is 210 g/mol. The van der Waals surface area contributed by atoms with E-state index in [9.17, 15) is 0 Å². The minimum Gasteiger partial charge on any atom is -0.370 e. The first-order chi connectivity index (χ1) is 6.68. The van der Waals surface area contributed by atoms with Gasteiger partial charge in [0, 0.05) is 17.3 Å². The fraction of sp³-hybridized carbons (Fsp3) is 0.300. The molecule has 0 saturated heterocycles. The minimum atomic E-state index is 0.593. The van der Waals surface area contributed by atoms with E-state index in [2.05, 4.69) is 4.99 Å². The van der Waals surface area contributed by atoms with Gasteiger partial charge in [0.25, 0.3) is 0 Å². The third-order valence-corrected chi connectivity index (χ3v) is 2.56. The van der Waals surface area contributed by atoms with E-state index in [4.69, 9.17) is 17.3 Å². The van der Waals surface area contributed by atoms with E-state index < -0.39 is 0 Å². The van der Waals surface area contributed by atoms with Gasteiger partial charge in [-0.25, -0.2) is 0 Å². The molecule has 0 saturated carbocycles. The summed E-state index contributed by atoms with van der Waals surface area (Å²) in [5.74, 6) is 0.593. The van der Waals surface area contributed by atoms with Gasteiger partial charge in [-0.1, -0.05) is 11.6 Å². The van der Waals surface area contributed by atoms with Gasteiger partial charge >= 0.3 is 0 Å². The van der Waals surface area contributed by atoms with Crippen molar-refractivity contribution >= 4 is 23.2 Å². The molecule has 0 unspecified atom stereocenters. The molecule has 0 atom stereocenters. The Hall–Kier alpha value is -1.22. The summed E-state index contributed by atoms with van der Waals surface area (Å²) < 4.78 is 0. The Morgan fingerprint density at radius 2 is 2.29 bits per heavy atom. The molecule has 1 aromatic rings. The van der Waals surface area contributed by atoms with Crippen LogP contribution in [0.25, 0.3) is 0 Å². The molecule has 0 bridgehead atoms. The number of guanidine groups is 1. The minimum absolute atomic E-state index is 0.593. The predicted octanol–water partition coefficient (Wildman–Crippen LogP) is 1.78. The van der Waals surface area contributed by atoms with E-state index in [1.807, 2.05) is 30.0 Å². The Kier molecular flexibility index (Phi) is 2.33. The smallest absolute Gasteiger partial charge is 0.195 e. The van der Waals surface area contributed by atoms with Crippen LogP contribution in [-0.4, -0.2) is 19.0 Å². The van der Waals surface area contributed by atoms with Gasteiger partial charge in [-0.3, -0.25) is 4.99 Å². The summed E-state index contributed by atoms with van der Waals surface area (Å²) in [5.41, 5.74) is 7.97. The second-order valence-electron chi connectivity index (χ2n) is 3.32. The molecule has 74 valence electrons. The van der Waals surface area contributed by atoms with Gasteiger partial charge in [0.1, 0.15) is 0 Å². The monoisotopic (exact) mass is 209 g/mol. The topological polar surface area (TPSA) is 41.6 Å². The van der Waals surface area contributed by atoms with Crippen molar-refractivity contribution in [2.45, 2.75) is 6.92 Å². The Bertz CT molecular complexity index is 387. The maximum Gasteiger partial charge on any atom is 0.195 e. The molecule has 0 fully saturated rings. The van der Waals surface area contributed by atoms with Gasteiger partial charge in [0.2, 0.25) is 0 Å². The number of nitrogens with zero attached hydrogens (tertiary/aromatic N) is 2. The lowest BCUT2D eigenvalue weighted by Gasteiger charge is -2.19. The number of halogens is 1. The molecular formula is C10H12ClN3. The van der Waals surface area contributed by atoms with Gasteiger partial charge in [-0.15, -0.1) is 0 Å². The van der Waals surface area contributed by atoms with E-state index in [0.717, 1.165) is 29.4 Å². The zero-order chi connectivity index (χ0) is 10.1. The molecule has 1 aliphatic heterocycles. The van der Waals surface area contributed by atoms with Crippen LogP contribution in [0.5, 0.6) is 0 Å². The molecule has 1 heterocycles. The molecule has 1 aromatic carbocycles. The Morgan fingerprint density at radius 1 is 1.50 bits per heavy atom. The van der Waals surface area contributed by atoms with E-state index in [-0.39, 0.29) is 0 Å². The highest BCUT2D eigenvalue weighted by molar-refractivity contribution is 6.30. The zero-order valence-electron chi connectivity index (χ0n) is 8.00. The summed E-state index contributed by atoms with van der Waals surface area (Å²) in [6, 6.07) is 5.78. The van der Waals surface area contributed by atoms with Crippen molar-refractivity contribution in [1.29, 1.82) is 0 Å². The van der Waals surface area contributed by atoms with Crippen LogP contribution in [0.1, 0.15) is 5.56 Å². The molecule has 0 amide bonds. The summed E-state index contributed by atoms with van der Waals surface area (Å²) in [4.78, 5) is 6.15. The molecule has 0 spiro atoms. The normalized spacial score (nSPS) is 15.9. The molecular weight excluding hydrogens is 198 g/mol. The second-order valence-corrected chi connectivity index (χ2v) is 3.76. The van der Waals surface area contributed by atoms with E-state index in [1.54, 1.807) is 0 Å². The van der Waals surface area contributed by atoms with Crippen molar-refractivity contribution < 1.29 is 0 Å². The first-order valence-electron chi connectivity index (χ1n) is 4.52. The van der Waals surface area contributed by atoms with Gasteiger partial charge in [0.05, 0.1) is 6.54 Å². The number of hydrogen-bond donors (Lipinski definition) is 1. The van der Waals surface area contributed by atoms with E-state index in [1.165, 1.54) is 0 Å². The summed E-state index contributed by atoms with van der Waals surface area (Å²) >= 11 is 5.88. The lowest BCUT2D eigenvalue weighted by atomic mass is 10.2. The van der Waals surface area contributed by atoms with Gasteiger partial charge in [-0.2, -0.15) is 0 Å². The first-order valence-corrected chi connectivity index (χ1v) is 4.90. The first kappa shape index (κ1) is 9.34. The highest BCUT2D eigenvalue weighted by Gasteiger charge is 2.16. The van der Waals surface area contributed by atoms with Crippen molar-refractivity contribution in [3.8, 4) is 0 Å². The van der Waals surface area contributed by atoms with Crippen LogP contribution in [0.4, 0.5) is 5.69 Å². The summed E-state index contributed by atoms with van der Waals surface area (Å²) in [6.07, 6.45) is 0. The zero-order valence-corrected chi connectivity index (χ0v) is 8.75. The van der Waals surface area contributed by atoms with Gasteiger partial charge in [-0.05, 0) is 30.7 Å². The number of aryl methyl sites for hydroxylation is 1. The fourth-order valence-corrected chi connectivity index (χ4v) is 1.86. The largest absolute Gasteiger partial charge is 0.370 e.